The van der Waals surface area contributed by atoms with Crippen LogP contribution in [0.2, 0.25) is 5.02 Å². The highest BCUT2D eigenvalue weighted by Crippen LogP contribution is 2.49. The summed E-state index contributed by atoms with van der Waals surface area (Å²) in [4.78, 5) is 33.7. The maximum atomic E-state index is 13.6. The van der Waals surface area contributed by atoms with Crippen LogP contribution in [0.25, 0.3) is 0 Å². The summed E-state index contributed by atoms with van der Waals surface area (Å²) in [6.45, 7) is 7.71. The van der Waals surface area contributed by atoms with Crippen molar-refractivity contribution in [2.45, 2.75) is 58.8 Å². The topological polar surface area (TPSA) is 49.7 Å². The summed E-state index contributed by atoms with van der Waals surface area (Å²) in [5, 5.41) is 0.605. The Morgan fingerprint density at radius 1 is 1.14 bits per heavy atom. The molecule has 0 aromatic heterocycles. The maximum Gasteiger partial charge on any atom is 0.232 e. The lowest BCUT2D eigenvalue weighted by Crippen LogP contribution is -2.46. The molecular formula is C24H29ClN2O2. The average molecular weight is 413 g/mol. The maximum absolute atomic E-state index is 13.6. The summed E-state index contributed by atoms with van der Waals surface area (Å²) in [6, 6.07) is 7.62. The number of carbonyl (C=O) groups is 2. The highest BCUT2D eigenvalue weighted by molar-refractivity contribution is 6.31. The standard InChI is InChI=1S/C24H29ClN2O2/c1-15-20(23(29)27-11-7-4-8-12-27)21(16-9-5-6-10-17(16)25)22-18(26-15)13-24(2,3)14-19(22)28/h5-6,9-10,20-21H,4,7-8,11-14H2,1-3H3/t20?,21-/m1/s1. The normalized spacial score (nSPS) is 26.8. The molecule has 1 aromatic rings. The summed E-state index contributed by atoms with van der Waals surface area (Å²) >= 11 is 6.60. The van der Waals surface area contributed by atoms with Crippen LogP contribution in [-0.4, -0.2) is 35.4 Å². The Hall–Kier alpha value is -1.94. The van der Waals surface area contributed by atoms with E-state index in [4.69, 9.17) is 16.6 Å². The molecule has 154 valence electrons. The predicted octanol–water partition coefficient (Wildman–Crippen LogP) is 5.17. The molecule has 0 spiro atoms. The first kappa shape index (κ1) is 20.3. The van der Waals surface area contributed by atoms with E-state index < -0.39 is 5.92 Å². The van der Waals surface area contributed by atoms with E-state index in [1.165, 1.54) is 6.42 Å². The molecule has 3 aliphatic rings. The minimum absolute atomic E-state index is 0.0834. The van der Waals surface area contributed by atoms with Crippen molar-refractivity contribution >= 4 is 29.0 Å². The number of likely N-dealkylation sites (tertiary alicyclic amines) is 1. The summed E-state index contributed by atoms with van der Waals surface area (Å²) in [6.07, 6.45) is 4.46. The fourth-order valence-corrected chi connectivity index (χ4v) is 5.39. The Balaban J connectivity index is 1.84. The fraction of sp³-hybridized carbons (Fsp3) is 0.542. The van der Waals surface area contributed by atoms with Crippen LogP contribution in [-0.2, 0) is 9.59 Å². The molecule has 2 heterocycles. The van der Waals surface area contributed by atoms with Crippen LogP contribution in [0.1, 0.15) is 64.4 Å². The van der Waals surface area contributed by atoms with Crippen molar-refractivity contribution in [3.63, 3.8) is 0 Å². The van der Waals surface area contributed by atoms with E-state index in [9.17, 15) is 9.59 Å². The molecule has 0 bridgehead atoms. The molecule has 1 aliphatic carbocycles. The van der Waals surface area contributed by atoms with Gasteiger partial charge in [0.25, 0.3) is 0 Å². The van der Waals surface area contributed by atoms with E-state index in [0.29, 0.717) is 17.0 Å². The summed E-state index contributed by atoms with van der Waals surface area (Å²) in [7, 11) is 0. The van der Waals surface area contributed by atoms with Gasteiger partial charge in [0.05, 0.1) is 5.92 Å². The zero-order chi connectivity index (χ0) is 20.8. The molecule has 5 heteroatoms. The van der Waals surface area contributed by atoms with Crippen LogP contribution in [0.4, 0.5) is 0 Å². The monoisotopic (exact) mass is 412 g/mol. The van der Waals surface area contributed by atoms with Gasteiger partial charge in [-0.25, -0.2) is 0 Å². The van der Waals surface area contributed by atoms with Crippen molar-refractivity contribution in [2.75, 3.05) is 13.1 Å². The number of hydrogen-bond donors (Lipinski definition) is 0. The first-order chi connectivity index (χ1) is 13.8. The number of amides is 1. The lowest BCUT2D eigenvalue weighted by molar-refractivity contribution is -0.134. The van der Waals surface area contributed by atoms with Crippen molar-refractivity contribution in [3.8, 4) is 0 Å². The fourth-order valence-electron chi connectivity index (χ4n) is 5.14. The predicted molar refractivity (Wildman–Crippen MR) is 116 cm³/mol. The second-order valence-corrected chi connectivity index (χ2v) is 9.82. The zero-order valence-corrected chi connectivity index (χ0v) is 18.3. The summed E-state index contributed by atoms with van der Waals surface area (Å²) < 4.78 is 0. The van der Waals surface area contributed by atoms with Gasteiger partial charge in [-0.15, -0.1) is 0 Å². The van der Waals surface area contributed by atoms with Gasteiger partial charge in [-0.3, -0.25) is 14.6 Å². The van der Waals surface area contributed by atoms with E-state index in [2.05, 4.69) is 13.8 Å². The van der Waals surface area contributed by atoms with E-state index in [0.717, 1.165) is 49.3 Å². The molecule has 2 aliphatic heterocycles. The molecule has 1 unspecified atom stereocenters. The third-order valence-corrected chi connectivity index (χ3v) is 6.82. The molecule has 1 fully saturated rings. The number of rotatable bonds is 2. The minimum atomic E-state index is -0.461. The SMILES string of the molecule is CC1=NC2=C(C(=O)CC(C)(C)C2)[C@H](c2ccccc2Cl)C1C(=O)N1CCCCC1. The minimum Gasteiger partial charge on any atom is -0.342 e. The molecule has 1 amide bonds. The Kier molecular flexibility index (Phi) is 5.41. The van der Waals surface area contributed by atoms with Gasteiger partial charge in [-0.05, 0) is 49.7 Å². The van der Waals surface area contributed by atoms with Crippen LogP contribution < -0.4 is 0 Å². The number of Topliss-reactive ketones (excluding diaryl/α,β-unsaturated/α-hetero) is 1. The lowest BCUT2D eigenvalue weighted by atomic mass is 9.66. The van der Waals surface area contributed by atoms with Crippen LogP contribution in [0.15, 0.2) is 40.5 Å². The summed E-state index contributed by atoms with van der Waals surface area (Å²) in [5.41, 5.74) is 3.10. The Bertz CT molecular complexity index is 909. The quantitative estimate of drug-likeness (QED) is 0.672. The third-order valence-electron chi connectivity index (χ3n) is 6.48. The van der Waals surface area contributed by atoms with E-state index in [1.54, 1.807) is 0 Å². The molecule has 0 N–H and O–H groups in total. The van der Waals surface area contributed by atoms with Crippen molar-refractivity contribution in [2.24, 2.45) is 16.3 Å². The second kappa shape index (κ2) is 7.71. The molecule has 2 atom stereocenters. The van der Waals surface area contributed by atoms with Crippen molar-refractivity contribution < 1.29 is 9.59 Å². The number of allylic oxidation sites excluding steroid dienone is 2. The average Bonchev–Trinajstić information content (AvgIpc) is 2.66. The molecule has 1 saturated heterocycles. The van der Waals surface area contributed by atoms with E-state index >= 15 is 0 Å². The number of carbonyl (C=O) groups excluding carboxylic acids is 2. The summed E-state index contributed by atoms with van der Waals surface area (Å²) in [5.74, 6) is -0.625. The number of nitrogens with zero attached hydrogens (tertiary/aromatic N) is 2. The highest BCUT2D eigenvalue weighted by atomic mass is 35.5. The number of ketones is 1. The first-order valence-corrected chi connectivity index (χ1v) is 11.0. The van der Waals surface area contributed by atoms with Crippen molar-refractivity contribution in [3.05, 3.63) is 46.1 Å². The first-order valence-electron chi connectivity index (χ1n) is 10.6. The number of hydrogen-bond acceptors (Lipinski definition) is 3. The van der Waals surface area contributed by atoms with Crippen molar-refractivity contribution in [1.29, 1.82) is 0 Å². The van der Waals surface area contributed by atoms with Crippen LogP contribution in [0.3, 0.4) is 0 Å². The zero-order valence-electron chi connectivity index (χ0n) is 17.5. The highest BCUT2D eigenvalue weighted by Gasteiger charge is 2.46. The number of benzene rings is 1. The third kappa shape index (κ3) is 3.79. The molecule has 4 nitrogen and oxygen atoms in total. The van der Waals surface area contributed by atoms with Gasteiger partial charge in [0, 0.05) is 47.4 Å². The van der Waals surface area contributed by atoms with E-state index in [1.807, 2.05) is 36.1 Å². The molecule has 0 saturated carbocycles. The van der Waals surface area contributed by atoms with Gasteiger partial charge in [0.2, 0.25) is 5.91 Å². The van der Waals surface area contributed by atoms with Crippen LogP contribution >= 0.6 is 11.6 Å². The Morgan fingerprint density at radius 2 is 1.83 bits per heavy atom. The van der Waals surface area contributed by atoms with E-state index in [-0.39, 0.29) is 23.0 Å². The number of piperidine rings is 1. The van der Waals surface area contributed by atoms with Gasteiger partial charge in [-0.1, -0.05) is 43.6 Å². The van der Waals surface area contributed by atoms with Gasteiger partial charge in [0.15, 0.2) is 5.78 Å². The van der Waals surface area contributed by atoms with Gasteiger partial charge < -0.3 is 4.90 Å². The van der Waals surface area contributed by atoms with Gasteiger partial charge in [-0.2, -0.15) is 0 Å². The molecular weight excluding hydrogens is 384 g/mol. The number of halogens is 1. The van der Waals surface area contributed by atoms with Gasteiger partial charge in [0.1, 0.15) is 0 Å². The smallest absolute Gasteiger partial charge is 0.232 e. The molecule has 1 aromatic carbocycles. The van der Waals surface area contributed by atoms with Gasteiger partial charge >= 0.3 is 0 Å². The molecule has 0 radical (unpaired) electrons. The molecule has 4 rings (SSSR count). The number of aliphatic imine (C=N–C) groups is 1. The lowest BCUT2D eigenvalue weighted by Gasteiger charge is -2.41. The van der Waals surface area contributed by atoms with Crippen molar-refractivity contribution in [1.82, 2.24) is 4.90 Å². The largest absolute Gasteiger partial charge is 0.342 e. The molecule has 29 heavy (non-hydrogen) atoms. The Labute approximate surface area is 178 Å². The second-order valence-electron chi connectivity index (χ2n) is 9.42. The Morgan fingerprint density at radius 3 is 2.52 bits per heavy atom. The van der Waals surface area contributed by atoms with Crippen LogP contribution in [0.5, 0.6) is 0 Å². The van der Waals surface area contributed by atoms with Crippen LogP contribution in [0, 0.1) is 11.3 Å².